The third-order valence-corrected chi connectivity index (χ3v) is 4.39. The summed E-state index contributed by atoms with van der Waals surface area (Å²) in [6.07, 6.45) is 9.54. The number of benzene rings is 1. The van der Waals surface area contributed by atoms with Crippen LogP contribution >= 0.6 is 0 Å². The number of hydrogen-bond donors (Lipinski definition) is 1. The standard InChI is InChI=1S/C18H29N/c1-3-12-19-18(14-16-8-5-9-16)11-10-17-7-4-6-15(2)13-17/h4,6-7,13,16,18-19H,3,5,8-12,14H2,1-2H3. The molecule has 0 amide bonds. The van der Waals surface area contributed by atoms with E-state index in [1.165, 1.54) is 62.6 Å². The Balaban J connectivity index is 1.80. The fourth-order valence-electron chi connectivity index (χ4n) is 2.99. The van der Waals surface area contributed by atoms with Crippen LogP contribution in [0.2, 0.25) is 0 Å². The molecule has 1 atom stereocenters. The summed E-state index contributed by atoms with van der Waals surface area (Å²) in [6.45, 7) is 5.61. The summed E-state index contributed by atoms with van der Waals surface area (Å²) in [5.41, 5.74) is 2.88. The molecule has 0 saturated heterocycles. The van der Waals surface area contributed by atoms with Crippen LogP contribution in [-0.4, -0.2) is 12.6 Å². The van der Waals surface area contributed by atoms with Crippen LogP contribution in [0, 0.1) is 12.8 Å². The van der Waals surface area contributed by atoms with E-state index in [0.717, 1.165) is 12.0 Å². The fourth-order valence-corrected chi connectivity index (χ4v) is 2.99. The van der Waals surface area contributed by atoms with Crippen LogP contribution in [0.4, 0.5) is 0 Å². The van der Waals surface area contributed by atoms with E-state index >= 15 is 0 Å². The van der Waals surface area contributed by atoms with Gasteiger partial charge < -0.3 is 5.32 Å². The summed E-state index contributed by atoms with van der Waals surface area (Å²) in [7, 11) is 0. The molecule has 2 rings (SSSR count). The van der Waals surface area contributed by atoms with Crippen molar-refractivity contribution in [1.82, 2.24) is 5.32 Å². The van der Waals surface area contributed by atoms with E-state index in [1.54, 1.807) is 0 Å². The smallest absolute Gasteiger partial charge is 0.00728 e. The molecule has 0 heterocycles. The zero-order valence-electron chi connectivity index (χ0n) is 12.6. The molecule has 1 fully saturated rings. The van der Waals surface area contributed by atoms with E-state index in [9.17, 15) is 0 Å². The highest BCUT2D eigenvalue weighted by atomic mass is 14.9. The van der Waals surface area contributed by atoms with Gasteiger partial charge in [-0.1, -0.05) is 56.0 Å². The summed E-state index contributed by atoms with van der Waals surface area (Å²) in [5, 5.41) is 3.75. The summed E-state index contributed by atoms with van der Waals surface area (Å²) in [4.78, 5) is 0. The first-order chi connectivity index (χ1) is 9.28. The van der Waals surface area contributed by atoms with Crippen molar-refractivity contribution in [2.75, 3.05) is 6.54 Å². The Bertz CT molecular complexity index is 368. The van der Waals surface area contributed by atoms with Crippen molar-refractivity contribution in [3.8, 4) is 0 Å². The van der Waals surface area contributed by atoms with Gasteiger partial charge >= 0.3 is 0 Å². The van der Waals surface area contributed by atoms with Gasteiger partial charge in [0.05, 0.1) is 0 Å². The van der Waals surface area contributed by atoms with E-state index in [4.69, 9.17) is 0 Å². The molecule has 1 aromatic carbocycles. The molecule has 1 nitrogen and oxygen atoms in total. The molecule has 0 spiro atoms. The molecule has 1 N–H and O–H groups in total. The molecule has 0 bridgehead atoms. The third kappa shape index (κ3) is 4.99. The minimum Gasteiger partial charge on any atom is -0.314 e. The van der Waals surface area contributed by atoms with Crippen molar-refractivity contribution in [3.63, 3.8) is 0 Å². The monoisotopic (exact) mass is 259 g/mol. The van der Waals surface area contributed by atoms with Crippen LogP contribution < -0.4 is 5.32 Å². The second-order valence-corrected chi connectivity index (χ2v) is 6.21. The third-order valence-electron chi connectivity index (χ3n) is 4.39. The summed E-state index contributed by atoms with van der Waals surface area (Å²) < 4.78 is 0. The van der Waals surface area contributed by atoms with Crippen LogP contribution in [0.5, 0.6) is 0 Å². The lowest BCUT2D eigenvalue weighted by Crippen LogP contribution is -2.33. The van der Waals surface area contributed by atoms with E-state index in [1.807, 2.05) is 0 Å². The molecule has 0 aromatic heterocycles. The Kier molecular flexibility index (Phi) is 5.91. The average molecular weight is 259 g/mol. The van der Waals surface area contributed by atoms with Gasteiger partial charge in [0.15, 0.2) is 0 Å². The van der Waals surface area contributed by atoms with E-state index in [2.05, 4.69) is 43.4 Å². The Morgan fingerprint density at radius 2 is 2.16 bits per heavy atom. The van der Waals surface area contributed by atoms with Crippen molar-refractivity contribution in [3.05, 3.63) is 35.4 Å². The highest BCUT2D eigenvalue weighted by Gasteiger charge is 2.21. The van der Waals surface area contributed by atoms with Crippen molar-refractivity contribution in [2.45, 2.75) is 64.8 Å². The van der Waals surface area contributed by atoms with Gasteiger partial charge in [-0.05, 0) is 50.6 Å². The zero-order chi connectivity index (χ0) is 13.5. The lowest BCUT2D eigenvalue weighted by molar-refractivity contribution is 0.254. The van der Waals surface area contributed by atoms with Crippen LogP contribution in [0.1, 0.15) is 56.6 Å². The maximum absolute atomic E-state index is 3.75. The topological polar surface area (TPSA) is 12.0 Å². The molecular formula is C18H29N. The number of rotatable bonds is 8. The normalized spacial score (nSPS) is 17.2. The predicted molar refractivity (Wildman–Crippen MR) is 83.5 cm³/mol. The van der Waals surface area contributed by atoms with Gasteiger partial charge in [0.25, 0.3) is 0 Å². The SMILES string of the molecule is CCCNC(CCc1cccc(C)c1)CC1CCC1. The zero-order valence-corrected chi connectivity index (χ0v) is 12.6. The lowest BCUT2D eigenvalue weighted by atomic mass is 9.80. The maximum atomic E-state index is 3.75. The molecule has 19 heavy (non-hydrogen) atoms. The minimum atomic E-state index is 0.728. The second kappa shape index (κ2) is 7.69. The van der Waals surface area contributed by atoms with Crippen molar-refractivity contribution >= 4 is 0 Å². The average Bonchev–Trinajstić information content (AvgIpc) is 2.36. The largest absolute Gasteiger partial charge is 0.314 e. The van der Waals surface area contributed by atoms with Crippen LogP contribution in [0.25, 0.3) is 0 Å². The molecule has 1 saturated carbocycles. The first kappa shape index (κ1) is 14.6. The Morgan fingerprint density at radius 1 is 1.32 bits per heavy atom. The Labute approximate surface area is 118 Å². The molecule has 1 aromatic rings. The van der Waals surface area contributed by atoms with E-state index in [-0.39, 0.29) is 0 Å². The summed E-state index contributed by atoms with van der Waals surface area (Å²) in [6, 6.07) is 9.70. The Morgan fingerprint density at radius 3 is 2.79 bits per heavy atom. The van der Waals surface area contributed by atoms with Gasteiger partial charge in [0.2, 0.25) is 0 Å². The lowest BCUT2D eigenvalue weighted by Gasteiger charge is -2.30. The van der Waals surface area contributed by atoms with Gasteiger partial charge in [-0.2, -0.15) is 0 Å². The number of nitrogens with one attached hydrogen (secondary N) is 1. The van der Waals surface area contributed by atoms with Crippen molar-refractivity contribution in [1.29, 1.82) is 0 Å². The number of hydrogen-bond acceptors (Lipinski definition) is 1. The molecule has 1 aliphatic carbocycles. The number of aryl methyl sites for hydroxylation is 2. The minimum absolute atomic E-state index is 0.728. The first-order valence-corrected chi connectivity index (χ1v) is 8.07. The summed E-state index contributed by atoms with van der Waals surface area (Å²) >= 11 is 0. The van der Waals surface area contributed by atoms with Crippen LogP contribution in [0.3, 0.4) is 0 Å². The molecular weight excluding hydrogens is 230 g/mol. The van der Waals surface area contributed by atoms with Gasteiger partial charge in [0, 0.05) is 6.04 Å². The van der Waals surface area contributed by atoms with Gasteiger partial charge in [-0.3, -0.25) is 0 Å². The van der Waals surface area contributed by atoms with Gasteiger partial charge in [0.1, 0.15) is 0 Å². The molecule has 0 radical (unpaired) electrons. The van der Waals surface area contributed by atoms with Crippen molar-refractivity contribution in [2.24, 2.45) is 5.92 Å². The highest BCUT2D eigenvalue weighted by molar-refractivity contribution is 5.22. The maximum Gasteiger partial charge on any atom is 0.00728 e. The van der Waals surface area contributed by atoms with Crippen molar-refractivity contribution < 1.29 is 0 Å². The second-order valence-electron chi connectivity index (χ2n) is 6.21. The molecule has 1 unspecified atom stereocenters. The van der Waals surface area contributed by atoms with Gasteiger partial charge in [-0.25, -0.2) is 0 Å². The van der Waals surface area contributed by atoms with E-state index < -0.39 is 0 Å². The molecule has 106 valence electrons. The molecule has 1 heteroatoms. The highest BCUT2D eigenvalue weighted by Crippen LogP contribution is 2.31. The van der Waals surface area contributed by atoms with Crippen LogP contribution in [0.15, 0.2) is 24.3 Å². The molecule has 0 aliphatic heterocycles. The van der Waals surface area contributed by atoms with Gasteiger partial charge in [-0.15, -0.1) is 0 Å². The predicted octanol–water partition coefficient (Wildman–Crippen LogP) is 4.49. The summed E-state index contributed by atoms with van der Waals surface area (Å²) in [5.74, 6) is 1.01. The fraction of sp³-hybridized carbons (Fsp3) is 0.667. The first-order valence-electron chi connectivity index (χ1n) is 8.07. The Hall–Kier alpha value is -0.820. The molecule has 1 aliphatic rings. The van der Waals surface area contributed by atoms with E-state index in [0.29, 0.717) is 0 Å². The quantitative estimate of drug-likeness (QED) is 0.725. The van der Waals surface area contributed by atoms with Crippen LogP contribution in [-0.2, 0) is 6.42 Å².